The van der Waals surface area contributed by atoms with Crippen molar-refractivity contribution in [1.82, 2.24) is 4.90 Å². The van der Waals surface area contributed by atoms with E-state index in [0.717, 1.165) is 35.3 Å². The zero-order valence-corrected chi connectivity index (χ0v) is 16.6. The van der Waals surface area contributed by atoms with Crippen LogP contribution in [0.5, 0.6) is 0 Å². The molecule has 2 heterocycles. The second-order valence-electron chi connectivity index (χ2n) is 6.80. The fourth-order valence-corrected chi connectivity index (χ4v) is 4.50. The molecule has 1 aromatic carbocycles. The highest BCUT2D eigenvalue weighted by molar-refractivity contribution is 7.08. The normalized spacial score (nSPS) is 20.9. The molecule has 1 aromatic heterocycles. The lowest BCUT2D eigenvalue weighted by Crippen LogP contribution is -2.38. The zero-order valence-electron chi connectivity index (χ0n) is 14.2. The van der Waals surface area contributed by atoms with Crippen molar-refractivity contribution in [2.24, 2.45) is 11.8 Å². The van der Waals surface area contributed by atoms with E-state index in [1.165, 1.54) is 30.6 Å². The first-order valence-corrected chi connectivity index (χ1v) is 8.90. The lowest BCUT2D eigenvalue weighted by molar-refractivity contribution is 0.134. The Morgan fingerprint density at radius 3 is 2.38 bits per heavy atom. The number of halogens is 2. The highest BCUT2D eigenvalue weighted by Gasteiger charge is 2.23. The van der Waals surface area contributed by atoms with Gasteiger partial charge in [0.05, 0.1) is 0 Å². The first-order valence-electron chi connectivity index (χ1n) is 7.95. The van der Waals surface area contributed by atoms with Crippen molar-refractivity contribution in [3.8, 4) is 11.1 Å². The molecule has 2 aromatic rings. The molecule has 2 atom stereocenters. The highest BCUT2D eigenvalue weighted by atomic mass is 35.5. The maximum Gasteiger partial charge on any atom is 0.0395 e. The summed E-state index contributed by atoms with van der Waals surface area (Å²) in [6, 6.07) is 5.75. The van der Waals surface area contributed by atoms with Gasteiger partial charge < -0.3 is 11.5 Å². The summed E-state index contributed by atoms with van der Waals surface area (Å²) in [4.78, 5) is 2.58. The van der Waals surface area contributed by atoms with E-state index in [4.69, 9.17) is 11.5 Å². The number of nitrogens with zero attached hydrogens (tertiary/aromatic N) is 1. The lowest BCUT2D eigenvalue weighted by Gasteiger charge is -2.35. The van der Waals surface area contributed by atoms with Crippen LogP contribution in [-0.2, 0) is 6.54 Å². The third kappa shape index (κ3) is 4.79. The molecule has 4 N–H and O–H groups in total. The first-order chi connectivity index (χ1) is 10.5. The smallest absolute Gasteiger partial charge is 0.0395 e. The Hall–Kier alpha value is -0.940. The van der Waals surface area contributed by atoms with Gasteiger partial charge >= 0.3 is 0 Å². The third-order valence-corrected chi connectivity index (χ3v) is 5.24. The number of anilines is 2. The van der Waals surface area contributed by atoms with Crippen LogP contribution in [0.25, 0.3) is 11.1 Å². The summed E-state index contributed by atoms with van der Waals surface area (Å²) in [5.41, 5.74) is 17.3. The van der Waals surface area contributed by atoms with Crippen LogP contribution in [0.4, 0.5) is 11.4 Å². The zero-order chi connectivity index (χ0) is 15.7. The van der Waals surface area contributed by atoms with Gasteiger partial charge in [-0.1, -0.05) is 13.8 Å². The van der Waals surface area contributed by atoms with E-state index < -0.39 is 0 Å². The number of nitrogen functional groups attached to an aromatic ring is 2. The van der Waals surface area contributed by atoms with Gasteiger partial charge in [0.15, 0.2) is 0 Å². The van der Waals surface area contributed by atoms with Gasteiger partial charge in [0.25, 0.3) is 0 Å². The largest absolute Gasteiger partial charge is 0.399 e. The van der Waals surface area contributed by atoms with Crippen LogP contribution in [0.1, 0.15) is 25.8 Å². The summed E-state index contributed by atoms with van der Waals surface area (Å²) in [6.07, 6.45) is 1.34. The average molecular weight is 388 g/mol. The number of rotatable bonds is 3. The van der Waals surface area contributed by atoms with Gasteiger partial charge in [-0.25, -0.2) is 0 Å². The van der Waals surface area contributed by atoms with Gasteiger partial charge in [-0.3, -0.25) is 4.90 Å². The van der Waals surface area contributed by atoms with Crippen molar-refractivity contribution in [2.75, 3.05) is 24.6 Å². The SMILES string of the molecule is CC1CC(C)CN(Cc2cscc2-c2cc(N)ccc2N)C1.Cl.Cl. The fourth-order valence-electron chi connectivity index (χ4n) is 3.65. The molecular formula is C18H27Cl2N3S. The summed E-state index contributed by atoms with van der Waals surface area (Å²) >= 11 is 1.74. The molecule has 0 spiro atoms. The number of hydrogen-bond acceptors (Lipinski definition) is 4. The molecule has 1 fully saturated rings. The van der Waals surface area contributed by atoms with E-state index in [1.54, 1.807) is 11.3 Å². The van der Waals surface area contributed by atoms with Gasteiger partial charge in [0.2, 0.25) is 0 Å². The molecule has 0 saturated carbocycles. The summed E-state index contributed by atoms with van der Waals surface area (Å²) < 4.78 is 0. The van der Waals surface area contributed by atoms with E-state index in [9.17, 15) is 0 Å². The second kappa shape index (κ2) is 8.95. The molecule has 3 rings (SSSR count). The van der Waals surface area contributed by atoms with Crippen molar-refractivity contribution in [1.29, 1.82) is 0 Å². The predicted molar refractivity (Wildman–Crippen MR) is 111 cm³/mol. The summed E-state index contributed by atoms with van der Waals surface area (Å²) in [7, 11) is 0. The Morgan fingerprint density at radius 1 is 1.04 bits per heavy atom. The molecule has 24 heavy (non-hydrogen) atoms. The van der Waals surface area contributed by atoms with E-state index in [-0.39, 0.29) is 24.8 Å². The molecule has 0 radical (unpaired) electrons. The molecule has 134 valence electrons. The van der Waals surface area contributed by atoms with Crippen LogP contribution in [0.2, 0.25) is 0 Å². The molecular weight excluding hydrogens is 361 g/mol. The quantitative estimate of drug-likeness (QED) is 0.736. The summed E-state index contributed by atoms with van der Waals surface area (Å²) in [6.45, 7) is 8.08. The minimum absolute atomic E-state index is 0. The van der Waals surface area contributed by atoms with E-state index in [2.05, 4.69) is 29.5 Å². The number of nitrogens with two attached hydrogens (primary N) is 2. The Kier molecular flexibility index (Phi) is 7.87. The van der Waals surface area contributed by atoms with Crippen LogP contribution < -0.4 is 11.5 Å². The van der Waals surface area contributed by atoms with E-state index in [1.807, 2.05) is 18.2 Å². The van der Waals surface area contributed by atoms with Crippen LogP contribution in [0.15, 0.2) is 29.0 Å². The molecule has 6 heteroatoms. The van der Waals surface area contributed by atoms with Crippen molar-refractivity contribution in [2.45, 2.75) is 26.8 Å². The topological polar surface area (TPSA) is 55.3 Å². The van der Waals surface area contributed by atoms with Crippen molar-refractivity contribution in [3.63, 3.8) is 0 Å². The number of benzene rings is 1. The maximum absolute atomic E-state index is 6.16. The summed E-state index contributed by atoms with van der Waals surface area (Å²) in [5.74, 6) is 1.56. The monoisotopic (exact) mass is 387 g/mol. The molecule has 0 bridgehead atoms. The Labute approximate surface area is 161 Å². The molecule has 0 aliphatic carbocycles. The standard InChI is InChI=1S/C18H25N3S.2ClH/c1-12-5-13(2)8-21(7-12)9-14-10-22-11-17(14)16-6-15(19)3-4-18(16)20;;/h3-4,6,10-13H,5,7-9,19-20H2,1-2H3;2*1H. The predicted octanol–water partition coefficient (Wildman–Crippen LogP) is 4.90. The van der Waals surface area contributed by atoms with Crippen molar-refractivity contribution < 1.29 is 0 Å². The third-order valence-electron chi connectivity index (χ3n) is 4.45. The van der Waals surface area contributed by atoms with Crippen LogP contribution in [-0.4, -0.2) is 18.0 Å². The van der Waals surface area contributed by atoms with E-state index in [0.29, 0.717) is 0 Å². The Balaban J connectivity index is 0.00000144. The average Bonchev–Trinajstić information content (AvgIpc) is 2.88. The minimum Gasteiger partial charge on any atom is -0.399 e. The number of likely N-dealkylation sites (tertiary alicyclic amines) is 1. The van der Waals surface area contributed by atoms with Gasteiger partial charge in [0.1, 0.15) is 0 Å². The minimum atomic E-state index is 0. The molecule has 1 saturated heterocycles. The Morgan fingerprint density at radius 2 is 1.71 bits per heavy atom. The van der Waals surface area contributed by atoms with Crippen LogP contribution in [0, 0.1) is 11.8 Å². The van der Waals surface area contributed by atoms with Crippen LogP contribution >= 0.6 is 36.2 Å². The van der Waals surface area contributed by atoms with Gasteiger partial charge in [-0.05, 0) is 58.3 Å². The lowest BCUT2D eigenvalue weighted by atomic mass is 9.91. The van der Waals surface area contributed by atoms with Gasteiger partial charge in [-0.2, -0.15) is 11.3 Å². The molecule has 1 aliphatic heterocycles. The van der Waals surface area contributed by atoms with Gasteiger partial charge in [0, 0.05) is 36.6 Å². The second-order valence-corrected chi connectivity index (χ2v) is 7.54. The molecule has 3 nitrogen and oxygen atoms in total. The number of thiophene rings is 1. The first kappa shape index (κ1) is 21.1. The van der Waals surface area contributed by atoms with Crippen LogP contribution in [0.3, 0.4) is 0 Å². The molecule has 0 amide bonds. The van der Waals surface area contributed by atoms with Crippen molar-refractivity contribution in [3.05, 3.63) is 34.5 Å². The fraction of sp³-hybridized carbons (Fsp3) is 0.444. The van der Waals surface area contributed by atoms with E-state index >= 15 is 0 Å². The number of hydrogen-bond donors (Lipinski definition) is 2. The number of piperidine rings is 1. The maximum atomic E-state index is 6.16. The Bertz CT molecular complexity index is 649. The summed E-state index contributed by atoms with van der Waals surface area (Å²) in [5, 5.41) is 4.44. The molecule has 1 aliphatic rings. The molecule has 2 unspecified atom stereocenters. The van der Waals surface area contributed by atoms with Crippen molar-refractivity contribution >= 4 is 47.5 Å². The highest BCUT2D eigenvalue weighted by Crippen LogP contribution is 2.34. The van der Waals surface area contributed by atoms with Gasteiger partial charge in [-0.15, -0.1) is 24.8 Å².